The van der Waals surface area contributed by atoms with Gasteiger partial charge in [0.25, 0.3) is 0 Å². The minimum Gasteiger partial charge on any atom is -0.465 e. The summed E-state index contributed by atoms with van der Waals surface area (Å²) in [6.45, 7) is 4.61. The summed E-state index contributed by atoms with van der Waals surface area (Å²) in [4.78, 5) is 11.5. The van der Waals surface area contributed by atoms with Gasteiger partial charge in [-0.3, -0.25) is 4.79 Å². The Bertz CT molecular complexity index is 159. The Morgan fingerprint density at radius 3 is 2.62 bits per heavy atom. The van der Waals surface area contributed by atoms with Gasteiger partial charge in [0.1, 0.15) is 0 Å². The van der Waals surface area contributed by atoms with Gasteiger partial charge < -0.3 is 4.74 Å². The number of ether oxygens (including phenoxy) is 1. The van der Waals surface area contributed by atoms with Crippen LogP contribution in [0.5, 0.6) is 0 Å². The van der Waals surface area contributed by atoms with Crippen molar-refractivity contribution in [2.24, 2.45) is 11.8 Å². The van der Waals surface area contributed by atoms with Crippen LogP contribution in [-0.4, -0.2) is 12.6 Å². The van der Waals surface area contributed by atoms with E-state index in [-0.39, 0.29) is 11.9 Å². The molecule has 2 heteroatoms. The molecule has 1 rings (SSSR count). The van der Waals surface area contributed by atoms with Crippen molar-refractivity contribution in [2.75, 3.05) is 6.61 Å². The van der Waals surface area contributed by atoms with E-state index in [2.05, 4.69) is 0 Å². The first-order valence-electron chi connectivity index (χ1n) is 5.42. The summed E-state index contributed by atoms with van der Waals surface area (Å²) >= 11 is 0. The zero-order valence-electron chi connectivity index (χ0n) is 8.71. The van der Waals surface area contributed by atoms with Gasteiger partial charge in [-0.1, -0.05) is 26.7 Å². The van der Waals surface area contributed by atoms with Crippen LogP contribution in [0.1, 0.15) is 46.0 Å². The standard InChI is InChI=1S/C11H20O2/c1-3-8-13-11(12)9(2)10-6-4-5-7-10/h9-10H,3-8H2,1-2H3/t9-/m0/s1. The number of esters is 1. The summed E-state index contributed by atoms with van der Waals surface area (Å²) < 4.78 is 5.13. The fraction of sp³-hybridized carbons (Fsp3) is 0.909. The van der Waals surface area contributed by atoms with Crippen molar-refractivity contribution in [3.8, 4) is 0 Å². The summed E-state index contributed by atoms with van der Waals surface area (Å²) in [5.74, 6) is 0.715. The van der Waals surface area contributed by atoms with Crippen LogP contribution in [0.15, 0.2) is 0 Å². The number of carbonyl (C=O) groups excluding carboxylic acids is 1. The Balaban J connectivity index is 2.28. The van der Waals surface area contributed by atoms with Gasteiger partial charge in [-0.2, -0.15) is 0 Å². The summed E-state index contributed by atoms with van der Waals surface area (Å²) in [7, 11) is 0. The van der Waals surface area contributed by atoms with Gasteiger partial charge >= 0.3 is 5.97 Å². The van der Waals surface area contributed by atoms with E-state index in [1.54, 1.807) is 0 Å². The summed E-state index contributed by atoms with van der Waals surface area (Å²) in [5, 5.41) is 0. The average Bonchev–Trinajstić information content (AvgIpc) is 2.65. The maximum atomic E-state index is 11.5. The molecule has 1 aliphatic carbocycles. The second-order valence-corrected chi connectivity index (χ2v) is 4.00. The molecule has 1 fully saturated rings. The molecule has 0 spiro atoms. The minimum absolute atomic E-state index is 0.00810. The lowest BCUT2D eigenvalue weighted by Crippen LogP contribution is -2.21. The fourth-order valence-corrected chi connectivity index (χ4v) is 1.98. The second-order valence-electron chi connectivity index (χ2n) is 4.00. The summed E-state index contributed by atoms with van der Waals surface area (Å²) in [6, 6.07) is 0. The zero-order valence-corrected chi connectivity index (χ0v) is 8.71. The largest absolute Gasteiger partial charge is 0.465 e. The van der Waals surface area contributed by atoms with Crippen molar-refractivity contribution < 1.29 is 9.53 Å². The second kappa shape index (κ2) is 5.25. The van der Waals surface area contributed by atoms with Crippen molar-refractivity contribution in [3.05, 3.63) is 0 Å². The van der Waals surface area contributed by atoms with E-state index >= 15 is 0 Å². The van der Waals surface area contributed by atoms with E-state index in [0.29, 0.717) is 12.5 Å². The normalized spacial score (nSPS) is 20.2. The Hall–Kier alpha value is -0.530. The van der Waals surface area contributed by atoms with E-state index in [1.165, 1.54) is 25.7 Å². The average molecular weight is 184 g/mol. The molecule has 76 valence electrons. The molecule has 13 heavy (non-hydrogen) atoms. The number of hydrogen-bond acceptors (Lipinski definition) is 2. The zero-order chi connectivity index (χ0) is 9.68. The maximum Gasteiger partial charge on any atom is 0.308 e. The Morgan fingerprint density at radius 1 is 1.46 bits per heavy atom. The maximum absolute atomic E-state index is 11.5. The first-order valence-corrected chi connectivity index (χ1v) is 5.42. The molecule has 0 aliphatic heterocycles. The third kappa shape index (κ3) is 3.02. The van der Waals surface area contributed by atoms with Crippen LogP contribution < -0.4 is 0 Å². The Morgan fingerprint density at radius 2 is 2.08 bits per heavy atom. The summed E-state index contributed by atoms with van der Waals surface area (Å²) in [6.07, 6.45) is 5.92. The lowest BCUT2D eigenvalue weighted by molar-refractivity contribution is -0.149. The summed E-state index contributed by atoms with van der Waals surface area (Å²) in [5.41, 5.74) is 0. The highest BCUT2D eigenvalue weighted by molar-refractivity contribution is 5.72. The molecule has 1 saturated carbocycles. The SMILES string of the molecule is CCCOC(=O)[C@@H](C)C1CCCC1. The predicted octanol–water partition coefficient (Wildman–Crippen LogP) is 2.77. The van der Waals surface area contributed by atoms with Crippen LogP contribution in [0.3, 0.4) is 0 Å². The Labute approximate surface area is 80.7 Å². The van der Waals surface area contributed by atoms with Gasteiger partial charge in [0.15, 0.2) is 0 Å². The van der Waals surface area contributed by atoms with Crippen molar-refractivity contribution in [1.82, 2.24) is 0 Å². The van der Waals surface area contributed by atoms with E-state index in [9.17, 15) is 4.79 Å². The number of rotatable bonds is 4. The van der Waals surface area contributed by atoms with Crippen LogP contribution in [-0.2, 0) is 9.53 Å². The fourth-order valence-electron chi connectivity index (χ4n) is 1.98. The molecule has 0 heterocycles. The highest BCUT2D eigenvalue weighted by Crippen LogP contribution is 2.31. The van der Waals surface area contributed by atoms with Gasteiger partial charge in [0.05, 0.1) is 12.5 Å². The molecule has 1 aliphatic rings. The molecule has 0 aromatic heterocycles. The quantitative estimate of drug-likeness (QED) is 0.628. The van der Waals surface area contributed by atoms with Gasteiger partial charge in [-0.15, -0.1) is 0 Å². The van der Waals surface area contributed by atoms with Gasteiger partial charge in [-0.25, -0.2) is 0 Å². The molecule has 0 amide bonds. The number of carbonyl (C=O) groups is 1. The molecule has 0 bridgehead atoms. The van der Waals surface area contributed by atoms with Crippen molar-refractivity contribution >= 4 is 5.97 Å². The molecule has 0 unspecified atom stereocenters. The molecule has 0 radical (unpaired) electrons. The van der Waals surface area contributed by atoms with Crippen molar-refractivity contribution in [2.45, 2.75) is 46.0 Å². The minimum atomic E-state index is 0.00810. The smallest absolute Gasteiger partial charge is 0.308 e. The van der Waals surface area contributed by atoms with E-state index in [1.807, 2.05) is 13.8 Å². The van der Waals surface area contributed by atoms with Crippen molar-refractivity contribution in [1.29, 1.82) is 0 Å². The van der Waals surface area contributed by atoms with Gasteiger partial charge in [-0.05, 0) is 25.2 Å². The lowest BCUT2D eigenvalue weighted by atomic mass is 9.93. The third-order valence-corrected chi connectivity index (χ3v) is 2.93. The van der Waals surface area contributed by atoms with Crippen LogP contribution in [0, 0.1) is 11.8 Å². The lowest BCUT2D eigenvalue weighted by Gasteiger charge is -2.16. The van der Waals surface area contributed by atoms with Gasteiger partial charge in [0.2, 0.25) is 0 Å². The van der Waals surface area contributed by atoms with Crippen LogP contribution in [0.2, 0.25) is 0 Å². The van der Waals surface area contributed by atoms with Crippen LogP contribution in [0.4, 0.5) is 0 Å². The van der Waals surface area contributed by atoms with E-state index < -0.39 is 0 Å². The molecule has 0 N–H and O–H groups in total. The molecular formula is C11H20O2. The highest BCUT2D eigenvalue weighted by Gasteiger charge is 2.27. The molecule has 0 saturated heterocycles. The van der Waals surface area contributed by atoms with Crippen LogP contribution >= 0.6 is 0 Å². The molecule has 2 nitrogen and oxygen atoms in total. The highest BCUT2D eigenvalue weighted by atomic mass is 16.5. The van der Waals surface area contributed by atoms with E-state index in [4.69, 9.17) is 4.74 Å². The first kappa shape index (κ1) is 10.6. The molecule has 1 atom stereocenters. The third-order valence-electron chi connectivity index (χ3n) is 2.93. The predicted molar refractivity (Wildman–Crippen MR) is 52.4 cm³/mol. The first-order chi connectivity index (χ1) is 6.25. The van der Waals surface area contributed by atoms with Crippen LogP contribution in [0.25, 0.3) is 0 Å². The number of hydrogen-bond donors (Lipinski definition) is 0. The monoisotopic (exact) mass is 184 g/mol. The molecule has 0 aromatic carbocycles. The Kier molecular flexibility index (Phi) is 4.26. The molecule has 0 aromatic rings. The van der Waals surface area contributed by atoms with E-state index in [0.717, 1.165) is 6.42 Å². The van der Waals surface area contributed by atoms with Gasteiger partial charge in [0, 0.05) is 0 Å². The topological polar surface area (TPSA) is 26.3 Å². The molecular weight excluding hydrogens is 164 g/mol. The van der Waals surface area contributed by atoms with Crippen molar-refractivity contribution in [3.63, 3.8) is 0 Å².